The molecule has 0 saturated heterocycles. The summed E-state index contributed by atoms with van der Waals surface area (Å²) in [4.78, 5) is 17.1. The summed E-state index contributed by atoms with van der Waals surface area (Å²) < 4.78 is 26.0. The predicted octanol–water partition coefficient (Wildman–Crippen LogP) is 3.20. The van der Waals surface area contributed by atoms with E-state index in [1.54, 1.807) is 25.4 Å². The first-order valence-electron chi connectivity index (χ1n) is 9.81. The van der Waals surface area contributed by atoms with Gasteiger partial charge < -0.3 is 10.6 Å². The molecule has 2 aromatic carbocycles. The van der Waals surface area contributed by atoms with Crippen molar-refractivity contribution >= 4 is 27.3 Å². The molecule has 0 spiro atoms. The number of rotatable bonds is 8. The van der Waals surface area contributed by atoms with E-state index in [0.717, 1.165) is 28.6 Å². The minimum atomic E-state index is -3.48. The molecule has 3 aromatic rings. The Labute approximate surface area is 183 Å². The highest BCUT2D eigenvalue weighted by molar-refractivity contribution is 7.92. The summed E-state index contributed by atoms with van der Waals surface area (Å²) in [6, 6.07) is 18.2. The van der Waals surface area contributed by atoms with Gasteiger partial charge >= 0.3 is 0 Å². The van der Waals surface area contributed by atoms with Gasteiger partial charge in [0.1, 0.15) is 0 Å². The Kier molecular flexibility index (Phi) is 7.04. The highest BCUT2D eigenvalue weighted by Gasteiger charge is 2.18. The fraction of sp³-hybridized carbons (Fsp3) is 0.217. The monoisotopic (exact) mass is 438 g/mol. The molecule has 0 bridgehead atoms. The Morgan fingerprint density at radius 1 is 1.00 bits per heavy atom. The van der Waals surface area contributed by atoms with Crippen molar-refractivity contribution in [2.75, 3.05) is 23.3 Å². The number of carbonyl (C=O) groups excluding carboxylic acids is 1. The van der Waals surface area contributed by atoms with Gasteiger partial charge in [0.15, 0.2) is 0 Å². The van der Waals surface area contributed by atoms with E-state index in [1.807, 2.05) is 55.5 Å². The van der Waals surface area contributed by atoms with Crippen molar-refractivity contribution < 1.29 is 13.2 Å². The number of anilines is 2. The molecule has 1 heterocycles. The smallest absolute Gasteiger partial charge is 0.241 e. The molecular weight excluding hydrogens is 412 g/mol. The van der Waals surface area contributed by atoms with Crippen LogP contribution in [0.2, 0.25) is 0 Å². The third-order valence-electron chi connectivity index (χ3n) is 4.68. The quantitative estimate of drug-likeness (QED) is 0.502. The van der Waals surface area contributed by atoms with E-state index in [-0.39, 0.29) is 5.91 Å². The summed E-state index contributed by atoms with van der Waals surface area (Å²) in [7, 11) is -1.74. The lowest BCUT2D eigenvalue weighted by Crippen LogP contribution is -2.40. The van der Waals surface area contributed by atoms with Crippen LogP contribution >= 0.6 is 0 Å². The van der Waals surface area contributed by atoms with E-state index in [9.17, 15) is 13.2 Å². The highest BCUT2D eigenvalue weighted by atomic mass is 32.2. The Hall–Kier alpha value is -3.23. The average molecular weight is 439 g/mol. The van der Waals surface area contributed by atoms with Crippen molar-refractivity contribution in [2.45, 2.75) is 19.4 Å². The minimum absolute atomic E-state index is 0.209. The first kappa shape index (κ1) is 22.5. The van der Waals surface area contributed by atoms with Crippen LogP contribution in [0.5, 0.6) is 0 Å². The molecule has 0 radical (unpaired) electrons. The number of nitrogens with one attached hydrogen (secondary N) is 3. The number of aromatic nitrogens is 1. The van der Waals surface area contributed by atoms with Gasteiger partial charge in [-0.25, -0.2) is 8.42 Å². The maximum atomic E-state index is 12.9. The molecule has 0 saturated carbocycles. The Morgan fingerprint density at radius 3 is 2.35 bits per heavy atom. The van der Waals surface area contributed by atoms with Gasteiger partial charge in [0.05, 0.1) is 18.0 Å². The van der Waals surface area contributed by atoms with Crippen molar-refractivity contribution in [1.29, 1.82) is 0 Å². The van der Waals surface area contributed by atoms with Gasteiger partial charge in [0.2, 0.25) is 15.9 Å². The number of nitrogens with zero attached hydrogens (tertiary/aromatic N) is 1. The van der Waals surface area contributed by atoms with Crippen LogP contribution in [-0.4, -0.2) is 38.7 Å². The molecule has 1 unspecified atom stereocenters. The number of likely N-dealkylation sites (N-methyl/N-ethyl adjacent to an activating group) is 1. The van der Waals surface area contributed by atoms with Crippen molar-refractivity contribution in [3.63, 3.8) is 0 Å². The minimum Gasteiger partial charge on any atom is -0.325 e. The lowest BCUT2D eigenvalue weighted by molar-refractivity contribution is -0.118. The molecule has 3 rings (SSSR count). The largest absolute Gasteiger partial charge is 0.325 e. The van der Waals surface area contributed by atoms with Crippen LogP contribution in [0.4, 0.5) is 11.4 Å². The number of amides is 1. The zero-order valence-corrected chi connectivity index (χ0v) is 18.5. The van der Waals surface area contributed by atoms with Gasteiger partial charge in [-0.2, -0.15) is 0 Å². The van der Waals surface area contributed by atoms with Crippen LogP contribution in [0.25, 0.3) is 11.1 Å². The molecule has 8 heteroatoms. The first-order chi connectivity index (χ1) is 14.7. The molecule has 0 aliphatic heterocycles. The molecule has 1 amide bonds. The number of aryl methyl sites for hydroxylation is 1. The summed E-state index contributed by atoms with van der Waals surface area (Å²) >= 11 is 0. The standard InChI is InChI=1S/C23H26N4O3S/c1-16-11-18(9-10-25-16)19-13-20(15-21(14-19)27-31(3,29)30)26-23(28)22(24-2)12-17-7-5-4-6-8-17/h4-11,13-15,22,24,27H,12H2,1-3H3,(H,26,28). The maximum absolute atomic E-state index is 12.9. The number of hydrogen-bond acceptors (Lipinski definition) is 5. The van der Waals surface area contributed by atoms with Gasteiger partial charge in [0, 0.05) is 17.6 Å². The molecule has 31 heavy (non-hydrogen) atoms. The topological polar surface area (TPSA) is 100 Å². The molecule has 1 atom stereocenters. The maximum Gasteiger partial charge on any atom is 0.241 e. The van der Waals surface area contributed by atoms with E-state index >= 15 is 0 Å². The lowest BCUT2D eigenvalue weighted by atomic mass is 10.0. The summed E-state index contributed by atoms with van der Waals surface area (Å²) in [5, 5.41) is 5.96. The van der Waals surface area contributed by atoms with E-state index in [0.29, 0.717) is 17.8 Å². The van der Waals surface area contributed by atoms with Gasteiger partial charge in [0.25, 0.3) is 0 Å². The normalized spacial score (nSPS) is 12.2. The number of hydrogen-bond donors (Lipinski definition) is 3. The van der Waals surface area contributed by atoms with Crippen LogP contribution < -0.4 is 15.4 Å². The number of benzene rings is 2. The van der Waals surface area contributed by atoms with Crippen molar-refractivity contribution in [2.24, 2.45) is 0 Å². The third-order valence-corrected chi connectivity index (χ3v) is 5.29. The van der Waals surface area contributed by atoms with Crippen LogP contribution in [0.15, 0.2) is 66.9 Å². The van der Waals surface area contributed by atoms with Crippen molar-refractivity contribution in [3.05, 3.63) is 78.1 Å². The Bertz CT molecular complexity index is 1160. The Balaban J connectivity index is 1.90. The van der Waals surface area contributed by atoms with Crippen LogP contribution in [0, 0.1) is 6.92 Å². The summed E-state index contributed by atoms with van der Waals surface area (Å²) in [5.74, 6) is -0.209. The highest BCUT2D eigenvalue weighted by Crippen LogP contribution is 2.28. The van der Waals surface area contributed by atoms with E-state index in [1.165, 1.54) is 0 Å². The fourth-order valence-electron chi connectivity index (χ4n) is 3.27. The second-order valence-electron chi connectivity index (χ2n) is 7.38. The van der Waals surface area contributed by atoms with Crippen LogP contribution in [0.1, 0.15) is 11.3 Å². The molecule has 0 aliphatic carbocycles. The van der Waals surface area contributed by atoms with Gasteiger partial charge in [-0.05, 0) is 67.4 Å². The number of sulfonamides is 1. The molecule has 162 valence electrons. The number of carbonyl (C=O) groups is 1. The second kappa shape index (κ2) is 9.72. The van der Waals surface area contributed by atoms with E-state index < -0.39 is 16.1 Å². The van der Waals surface area contributed by atoms with E-state index in [2.05, 4.69) is 20.3 Å². The summed E-state index contributed by atoms with van der Waals surface area (Å²) in [5.41, 5.74) is 4.37. The molecule has 7 nitrogen and oxygen atoms in total. The third kappa shape index (κ3) is 6.63. The molecular formula is C23H26N4O3S. The predicted molar refractivity (Wildman–Crippen MR) is 124 cm³/mol. The summed E-state index contributed by atoms with van der Waals surface area (Å²) in [6.07, 6.45) is 3.31. The van der Waals surface area contributed by atoms with E-state index in [4.69, 9.17) is 0 Å². The molecule has 3 N–H and O–H groups in total. The zero-order chi connectivity index (χ0) is 22.4. The fourth-order valence-corrected chi connectivity index (χ4v) is 3.82. The second-order valence-corrected chi connectivity index (χ2v) is 9.13. The first-order valence-corrected chi connectivity index (χ1v) is 11.7. The summed E-state index contributed by atoms with van der Waals surface area (Å²) in [6.45, 7) is 1.88. The van der Waals surface area contributed by atoms with Crippen LogP contribution in [0.3, 0.4) is 0 Å². The van der Waals surface area contributed by atoms with Crippen molar-refractivity contribution in [3.8, 4) is 11.1 Å². The average Bonchev–Trinajstić information content (AvgIpc) is 2.71. The molecule has 0 fully saturated rings. The molecule has 1 aromatic heterocycles. The number of pyridine rings is 1. The van der Waals surface area contributed by atoms with Gasteiger partial charge in [-0.1, -0.05) is 30.3 Å². The Morgan fingerprint density at radius 2 is 1.71 bits per heavy atom. The van der Waals surface area contributed by atoms with Crippen molar-refractivity contribution in [1.82, 2.24) is 10.3 Å². The SMILES string of the molecule is CNC(Cc1ccccc1)C(=O)Nc1cc(NS(C)(=O)=O)cc(-c2ccnc(C)c2)c1. The van der Waals surface area contributed by atoms with Gasteiger partial charge in [-0.3, -0.25) is 14.5 Å². The molecule has 0 aliphatic rings. The van der Waals surface area contributed by atoms with Gasteiger partial charge in [-0.15, -0.1) is 0 Å². The zero-order valence-electron chi connectivity index (χ0n) is 17.7. The lowest BCUT2D eigenvalue weighted by Gasteiger charge is -2.18. The van der Waals surface area contributed by atoms with Crippen LogP contribution in [-0.2, 0) is 21.2 Å².